The van der Waals surface area contributed by atoms with Crippen molar-refractivity contribution in [1.29, 1.82) is 0 Å². The standard InChI is InChI=1S/C14H27NO4/c1-6-8-9-12(15-14(17)18-7-2)13(16)19-11(5)10(3)4/h10-12H,6-9H2,1-5H3,(H,15,17)/t11-,12?/m0/s1. The molecule has 0 aromatic rings. The van der Waals surface area contributed by atoms with Crippen molar-refractivity contribution in [1.82, 2.24) is 5.32 Å². The molecule has 19 heavy (non-hydrogen) atoms. The van der Waals surface area contributed by atoms with E-state index < -0.39 is 12.1 Å². The minimum Gasteiger partial charge on any atom is -0.461 e. The summed E-state index contributed by atoms with van der Waals surface area (Å²) in [7, 11) is 0. The summed E-state index contributed by atoms with van der Waals surface area (Å²) in [5, 5.41) is 2.56. The lowest BCUT2D eigenvalue weighted by atomic mass is 10.1. The highest BCUT2D eigenvalue weighted by atomic mass is 16.6. The Kier molecular flexibility index (Phi) is 9.00. The van der Waals surface area contributed by atoms with Gasteiger partial charge < -0.3 is 14.8 Å². The number of hydrogen-bond acceptors (Lipinski definition) is 4. The molecule has 112 valence electrons. The summed E-state index contributed by atoms with van der Waals surface area (Å²) in [6.07, 6.45) is 1.63. The second kappa shape index (κ2) is 9.64. The van der Waals surface area contributed by atoms with Crippen LogP contribution in [0.15, 0.2) is 0 Å². The summed E-state index contributed by atoms with van der Waals surface area (Å²) in [4.78, 5) is 23.4. The highest BCUT2D eigenvalue weighted by molar-refractivity contribution is 5.81. The van der Waals surface area contributed by atoms with Crippen LogP contribution in [0.5, 0.6) is 0 Å². The maximum Gasteiger partial charge on any atom is 0.407 e. The monoisotopic (exact) mass is 273 g/mol. The molecular formula is C14H27NO4. The molecule has 0 fully saturated rings. The van der Waals surface area contributed by atoms with Gasteiger partial charge in [0, 0.05) is 0 Å². The van der Waals surface area contributed by atoms with Crippen molar-refractivity contribution in [2.45, 2.75) is 66.0 Å². The van der Waals surface area contributed by atoms with Gasteiger partial charge in [-0.05, 0) is 26.2 Å². The van der Waals surface area contributed by atoms with E-state index in [2.05, 4.69) is 5.32 Å². The van der Waals surface area contributed by atoms with E-state index >= 15 is 0 Å². The van der Waals surface area contributed by atoms with Crippen LogP contribution in [0.1, 0.15) is 53.9 Å². The number of amides is 1. The fraction of sp³-hybridized carbons (Fsp3) is 0.857. The van der Waals surface area contributed by atoms with Crippen LogP contribution in [0.2, 0.25) is 0 Å². The number of hydrogen-bond donors (Lipinski definition) is 1. The van der Waals surface area contributed by atoms with Crippen LogP contribution in [0, 0.1) is 5.92 Å². The maximum atomic E-state index is 12.0. The number of carbonyl (C=O) groups excluding carboxylic acids is 2. The molecule has 0 aromatic heterocycles. The first-order valence-electron chi connectivity index (χ1n) is 7.06. The zero-order valence-electron chi connectivity index (χ0n) is 12.7. The van der Waals surface area contributed by atoms with Gasteiger partial charge in [-0.1, -0.05) is 33.6 Å². The maximum absolute atomic E-state index is 12.0. The van der Waals surface area contributed by atoms with E-state index in [1.807, 2.05) is 27.7 Å². The van der Waals surface area contributed by atoms with Gasteiger partial charge in [0.05, 0.1) is 6.61 Å². The minimum atomic E-state index is -0.625. The Morgan fingerprint density at radius 1 is 1.16 bits per heavy atom. The van der Waals surface area contributed by atoms with Crippen LogP contribution in [-0.4, -0.2) is 30.8 Å². The van der Waals surface area contributed by atoms with Crippen LogP contribution < -0.4 is 5.32 Å². The third kappa shape index (κ3) is 7.70. The first-order chi connectivity index (χ1) is 8.92. The Balaban J connectivity index is 4.46. The average molecular weight is 273 g/mol. The van der Waals surface area contributed by atoms with Gasteiger partial charge in [0.2, 0.25) is 0 Å². The van der Waals surface area contributed by atoms with Crippen LogP contribution in [-0.2, 0) is 14.3 Å². The van der Waals surface area contributed by atoms with Crippen LogP contribution in [0.25, 0.3) is 0 Å². The minimum absolute atomic E-state index is 0.166. The number of nitrogens with one attached hydrogen (secondary N) is 1. The van der Waals surface area contributed by atoms with Crippen LogP contribution in [0.4, 0.5) is 4.79 Å². The van der Waals surface area contributed by atoms with Crippen molar-refractivity contribution in [3.05, 3.63) is 0 Å². The van der Waals surface area contributed by atoms with E-state index in [0.717, 1.165) is 12.8 Å². The SMILES string of the molecule is CCCCC(NC(=O)OCC)C(=O)O[C@@H](C)C(C)C. The van der Waals surface area contributed by atoms with Gasteiger partial charge in [-0.3, -0.25) is 0 Å². The largest absolute Gasteiger partial charge is 0.461 e. The molecule has 0 saturated heterocycles. The zero-order valence-corrected chi connectivity index (χ0v) is 12.7. The van der Waals surface area contributed by atoms with E-state index in [4.69, 9.17) is 9.47 Å². The van der Waals surface area contributed by atoms with E-state index in [1.54, 1.807) is 6.92 Å². The van der Waals surface area contributed by atoms with Crippen molar-refractivity contribution >= 4 is 12.1 Å². The Labute approximate surface area is 116 Å². The number of carbonyl (C=O) groups is 2. The van der Waals surface area contributed by atoms with Crippen molar-refractivity contribution in [2.75, 3.05) is 6.61 Å². The van der Waals surface area contributed by atoms with E-state index in [9.17, 15) is 9.59 Å². The lowest BCUT2D eigenvalue weighted by Crippen LogP contribution is -2.43. The number of unbranched alkanes of at least 4 members (excludes halogenated alkanes) is 1. The molecule has 1 N–H and O–H groups in total. The summed E-state index contributed by atoms with van der Waals surface area (Å²) in [6.45, 7) is 9.85. The molecule has 0 bridgehead atoms. The number of rotatable bonds is 8. The molecule has 0 rings (SSSR count). The molecule has 0 aliphatic rings. The number of ether oxygens (including phenoxy) is 2. The van der Waals surface area contributed by atoms with Gasteiger partial charge in [0.1, 0.15) is 12.1 Å². The molecule has 0 aliphatic carbocycles. The van der Waals surface area contributed by atoms with Gasteiger partial charge in [0.25, 0.3) is 0 Å². The Hall–Kier alpha value is -1.26. The van der Waals surface area contributed by atoms with E-state index in [1.165, 1.54) is 0 Å². The molecule has 1 amide bonds. The van der Waals surface area contributed by atoms with Gasteiger partial charge in [0.15, 0.2) is 0 Å². The third-order valence-electron chi connectivity index (χ3n) is 2.94. The first kappa shape index (κ1) is 17.7. The Bertz CT molecular complexity index is 279. The van der Waals surface area contributed by atoms with Gasteiger partial charge in [-0.2, -0.15) is 0 Å². The lowest BCUT2D eigenvalue weighted by Gasteiger charge is -2.22. The fourth-order valence-electron chi connectivity index (χ4n) is 1.37. The smallest absolute Gasteiger partial charge is 0.407 e. The second-order valence-electron chi connectivity index (χ2n) is 4.95. The quantitative estimate of drug-likeness (QED) is 0.691. The van der Waals surface area contributed by atoms with Crippen molar-refractivity contribution < 1.29 is 19.1 Å². The molecule has 0 saturated carbocycles. The molecule has 0 aliphatic heterocycles. The Morgan fingerprint density at radius 3 is 2.26 bits per heavy atom. The predicted molar refractivity (Wildman–Crippen MR) is 73.9 cm³/mol. The third-order valence-corrected chi connectivity index (χ3v) is 2.94. The predicted octanol–water partition coefficient (Wildman–Crippen LogP) is 2.88. The lowest BCUT2D eigenvalue weighted by molar-refractivity contribution is -0.152. The first-order valence-corrected chi connectivity index (χ1v) is 7.06. The molecule has 5 nitrogen and oxygen atoms in total. The van der Waals surface area contributed by atoms with Crippen molar-refractivity contribution in [3.63, 3.8) is 0 Å². The number of alkyl carbamates (subject to hydrolysis) is 1. The normalized spacial score (nSPS) is 13.8. The molecule has 0 spiro atoms. The van der Waals surface area contributed by atoms with Crippen LogP contribution in [0.3, 0.4) is 0 Å². The van der Waals surface area contributed by atoms with E-state index in [0.29, 0.717) is 6.42 Å². The van der Waals surface area contributed by atoms with E-state index in [-0.39, 0.29) is 24.6 Å². The zero-order chi connectivity index (χ0) is 14.8. The second-order valence-corrected chi connectivity index (χ2v) is 4.95. The summed E-state index contributed by atoms with van der Waals surface area (Å²) in [5.74, 6) is -0.138. The summed E-state index contributed by atoms with van der Waals surface area (Å²) in [6, 6.07) is -0.625. The molecule has 2 atom stereocenters. The summed E-state index contributed by atoms with van der Waals surface area (Å²) >= 11 is 0. The molecule has 0 heterocycles. The highest BCUT2D eigenvalue weighted by Gasteiger charge is 2.24. The topological polar surface area (TPSA) is 64.6 Å². The summed E-state index contributed by atoms with van der Waals surface area (Å²) < 4.78 is 10.1. The van der Waals surface area contributed by atoms with Gasteiger partial charge in [-0.25, -0.2) is 9.59 Å². The van der Waals surface area contributed by atoms with Gasteiger partial charge >= 0.3 is 12.1 Å². The molecule has 5 heteroatoms. The molecule has 0 radical (unpaired) electrons. The highest BCUT2D eigenvalue weighted by Crippen LogP contribution is 2.10. The molecular weight excluding hydrogens is 246 g/mol. The summed E-state index contributed by atoms with van der Waals surface area (Å²) in [5.41, 5.74) is 0. The average Bonchev–Trinajstić information content (AvgIpc) is 2.34. The van der Waals surface area contributed by atoms with Crippen molar-refractivity contribution in [2.24, 2.45) is 5.92 Å². The molecule has 0 aromatic carbocycles. The molecule has 1 unspecified atom stereocenters. The van der Waals surface area contributed by atoms with Gasteiger partial charge in [-0.15, -0.1) is 0 Å². The Morgan fingerprint density at radius 2 is 1.79 bits per heavy atom. The number of esters is 1. The fourth-order valence-corrected chi connectivity index (χ4v) is 1.37. The van der Waals surface area contributed by atoms with Crippen molar-refractivity contribution in [3.8, 4) is 0 Å². The van der Waals surface area contributed by atoms with Crippen LogP contribution >= 0.6 is 0 Å².